The molecule has 1 fully saturated rings. The smallest absolute Gasteiger partial charge is 0.191 e. The molecule has 1 rings (SSSR count). The highest BCUT2D eigenvalue weighted by Gasteiger charge is 2.30. The Kier molecular flexibility index (Phi) is 5.60. The van der Waals surface area contributed by atoms with Crippen molar-refractivity contribution in [1.29, 1.82) is 0 Å². The van der Waals surface area contributed by atoms with E-state index in [0.717, 1.165) is 51.2 Å². The van der Waals surface area contributed by atoms with Gasteiger partial charge in [0.15, 0.2) is 5.96 Å². The largest absolute Gasteiger partial charge is 0.388 e. The lowest BCUT2D eigenvalue weighted by molar-refractivity contribution is 0.0574. The molecule has 0 bridgehead atoms. The summed E-state index contributed by atoms with van der Waals surface area (Å²) >= 11 is 0. The van der Waals surface area contributed by atoms with Gasteiger partial charge in [-0.25, -0.2) is 0 Å². The maximum Gasteiger partial charge on any atom is 0.191 e. The van der Waals surface area contributed by atoms with Crippen molar-refractivity contribution in [3.63, 3.8) is 0 Å². The first-order valence-electron chi connectivity index (χ1n) is 6.45. The van der Waals surface area contributed by atoms with Gasteiger partial charge in [-0.05, 0) is 26.2 Å². The van der Waals surface area contributed by atoms with Gasteiger partial charge in [-0.15, -0.1) is 0 Å². The Labute approximate surface area is 98.5 Å². The second kappa shape index (κ2) is 6.74. The Hall–Kier alpha value is -0.770. The SMILES string of the molecule is CCCNC(=NCC1(O)CCCC1)NCC. The van der Waals surface area contributed by atoms with Crippen LogP contribution in [-0.4, -0.2) is 36.3 Å². The molecule has 16 heavy (non-hydrogen) atoms. The first kappa shape index (κ1) is 13.3. The Morgan fingerprint density at radius 3 is 2.50 bits per heavy atom. The summed E-state index contributed by atoms with van der Waals surface area (Å²) in [5.74, 6) is 0.824. The molecule has 1 saturated carbocycles. The molecule has 0 saturated heterocycles. The van der Waals surface area contributed by atoms with E-state index >= 15 is 0 Å². The van der Waals surface area contributed by atoms with E-state index in [9.17, 15) is 5.11 Å². The molecule has 0 atom stereocenters. The first-order valence-corrected chi connectivity index (χ1v) is 6.45. The molecular weight excluding hydrogens is 202 g/mol. The normalized spacial score (nSPS) is 19.8. The third-order valence-corrected chi connectivity index (χ3v) is 2.95. The van der Waals surface area contributed by atoms with Crippen LogP contribution >= 0.6 is 0 Å². The number of hydrogen-bond donors (Lipinski definition) is 3. The quantitative estimate of drug-likeness (QED) is 0.489. The predicted octanol–water partition coefficient (Wildman–Crippen LogP) is 1.26. The highest BCUT2D eigenvalue weighted by atomic mass is 16.3. The number of aliphatic imine (C=N–C) groups is 1. The number of guanidine groups is 1. The van der Waals surface area contributed by atoms with Gasteiger partial charge in [-0.3, -0.25) is 4.99 Å². The molecule has 4 heteroatoms. The summed E-state index contributed by atoms with van der Waals surface area (Å²) < 4.78 is 0. The summed E-state index contributed by atoms with van der Waals surface area (Å²) in [5, 5.41) is 16.6. The lowest BCUT2D eigenvalue weighted by Crippen LogP contribution is -2.39. The fourth-order valence-corrected chi connectivity index (χ4v) is 2.00. The van der Waals surface area contributed by atoms with E-state index in [-0.39, 0.29) is 0 Å². The van der Waals surface area contributed by atoms with Crippen LogP contribution in [0.3, 0.4) is 0 Å². The van der Waals surface area contributed by atoms with Gasteiger partial charge in [0.1, 0.15) is 0 Å². The molecule has 1 aliphatic carbocycles. The van der Waals surface area contributed by atoms with E-state index in [2.05, 4.69) is 22.5 Å². The molecule has 1 aliphatic rings. The lowest BCUT2D eigenvalue weighted by Gasteiger charge is -2.20. The number of aliphatic hydroxyl groups is 1. The molecule has 0 aromatic carbocycles. The van der Waals surface area contributed by atoms with Crippen LogP contribution in [0.15, 0.2) is 4.99 Å². The maximum atomic E-state index is 10.2. The van der Waals surface area contributed by atoms with E-state index in [1.807, 2.05) is 6.92 Å². The molecule has 0 aromatic rings. The molecular formula is C12H25N3O. The van der Waals surface area contributed by atoms with Gasteiger partial charge in [-0.1, -0.05) is 19.8 Å². The van der Waals surface area contributed by atoms with Crippen molar-refractivity contribution in [2.45, 2.75) is 51.6 Å². The molecule has 0 spiro atoms. The minimum atomic E-state index is -0.547. The van der Waals surface area contributed by atoms with E-state index < -0.39 is 5.60 Å². The van der Waals surface area contributed by atoms with Crippen LogP contribution in [0.1, 0.15) is 46.0 Å². The van der Waals surface area contributed by atoms with Gasteiger partial charge >= 0.3 is 0 Å². The Bertz CT molecular complexity index is 222. The van der Waals surface area contributed by atoms with Crippen molar-refractivity contribution in [1.82, 2.24) is 10.6 Å². The summed E-state index contributed by atoms with van der Waals surface area (Å²) in [5.41, 5.74) is -0.547. The van der Waals surface area contributed by atoms with Crippen molar-refractivity contribution in [2.24, 2.45) is 4.99 Å². The molecule has 4 nitrogen and oxygen atoms in total. The zero-order chi connectivity index (χ0) is 11.9. The van der Waals surface area contributed by atoms with E-state index in [1.54, 1.807) is 0 Å². The van der Waals surface area contributed by atoms with Gasteiger partial charge in [-0.2, -0.15) is 0 Å². The Morgan fingerprint density at radius 1 is 1.25 bits per heavy atom. The van der Waals surface area contributed by atoms with Gasteiger partial charge in [0, 0.05) is 13.1 Å². The minimum absolute atomic E-state index is 0.520. The second-order valence-electron chi connectivity index (χ2n) is 4.55. The minimum Gasteiger partial charge on any atom is -0.388 e. The molecule has 0 radical (unpaired) electrons. The third kappa shape index (κ3) is 4.39. The number of nitrogens with one attached hydrogen (secondary N) is 2. The van der Waals surface area contributed by atoms with E-state index in [0.29, 0.717) is 6.54 Å². The molecule has 0 aliphatic heterocycles. The van der Waals surface area contributed by atoms with Gasteiger partial charge in [0.2, 0.25) is 0 Å². The van der Waals surface area contributed by atoms with Gasteiger partial charge < -0.3 is 15.7 Å². The fourth-order valence-electron chi connectivity index (χ4n) is 2.00. The lowest BCUT2D eigenvalue weighted by atomic mass is 10.0. The van der Waals surface area contributed by atoms with E-state index in [1.165, 1.54) is 0 Å². The number of rotatable bonds is 5. The van der Waals surface area contributed by atoms with Crippen molar-refractivity contribution < 1.29 is 5.11 Å². The van der Waals surface area contributed by atoms with Crippen molar-refractivity contribution in [3.05, 3.63) is 0 Å². The van der Waals surface area contributed by atoms with Crippen molar-refractivity contribution >= 4 is 5.96 Å². The second-order valence-corrected chi connectivity index (χ2v) is 4.55. The Balaban J connectivity index is 2.42. The fraction of sp³-hybridized carbons (Fsp3) is 0.917. The summed E-state index contributed by atoms with van der Waals surface area (Å²) in [7, 11) is 0. The third-order valence-electron chi connectivity index (χ3n) is 2.95. The highest BCUT2D eigenvalue weighted by molar-refractivity contribution is 5.79. The Morgan fingerprint density at radius 2 is 1.94 bits per heavy atom. The van der Waals surface area contributed by atoms with Crippen LogP contribution in [0.25, 0.3) is 0 Å². The summed E-state index contributed by atoms with van der Waals surface area (Å²) in [4.78, 5) is 4.45. The standard InChI is InChI=1S/C12H25N3O/c1-3-9-14-11(13-4-2)15-10-12(16)7-5-6-8-12/h16H,3-10H2,1-2H3,(H2,13,14,15). The molecule has 0 unspecified atom stereocenters. The topological polar surface area (TPSA) is 56.7 Å². The van der Waals surface area contributed by atoms with E-state index in [4.69, 9.17) is 0 Å². The average Bonchev–Trinajstić information content (AvgIpc) is 2.70. The van der Waals surface area contributed by atoms with Crippen molar-refractivity contribution in [3.8, 4) is 0 Å². The predicted molar refractivity (Wildman–Crippen MR) is 67.7 cm³/mol. The molecule has 0 aromatic heterocycles. The van der Waals surface area contributed by atoms with Crippen molar-refractivity contribution in [2.75, 3.05) is 19.6 Å². The number of hydrogen-bond acceptors (Lipinski definition) is 2. The van der Waals surface area contributed by atoms with Crippen LogP contribution in [-0.2, 0) is 0 Å². The first-order chi connectivity index (χ1) is 7.70. The van der Waals surface area contributed by atoms with Crippen LogP contribution in [0, 0.1) is 0 Å². The summed E-state index contributed by atoms with van der Waals surface area (Å²) in [6.07, 6.45) is 5.12. The average molecular weight is 227 g/mol. The van der Waals surface area contributed by atoms with Crippen LogP contribution in [0.5, 0.6) is 0 Å². The molecule has 0 amide bonds. The van der Waals surface area contributed by atoms with Crippen LogP contribution in [0.4, 0.5) is 0 Å². The highest BCUT2D eigenvalue weighted by Crippen LogP contribution is 2.29. The van der Waals surface area contributed by atoms with Gasteiger partial charge in [0.05, 0.1) is 12.1 Å². The van der Waals surface area contributed by atoms with Gasteiger partial charge in [0.25, 0.3) is 0 Å². The zero-order valence-corrected chi connectivity index (χ0v) is 10.6. The van der Waals surface area contributed by atoms with Crippen LogP contribution < -0.4 is 10.6 Å². The number of nitrogens with zero attached hydrogens (tertiary/aromatic N) is 1. The molecule has 94 valence electrons. The van der Waals surface area contributed by atoms with Crippen LogP contribution in [0.2, 0.25) is 0 Å². The zero-order valence-electron chi connectivity index (χ0n) is 10.6. The molecule has 0 heterocycles. The molecule has 3 N–H and O–H groups in total. The maximum absolute atomic E-state index is 10.2. The monoisotopic (exact) mass is 227 g/mol. The summed E-state index contributed by atoms with van der Waals surface area (Å²) in [6.45, 7) is 6.47. The summed E-state index contributed by atoms with van der Waals surface area (Å²) in [6, 6.07) is 0.